The van der Waals surface area contributed by atoms with E-state index in [1.54, 1.807) is 0 Å². The number of H-pyrrole nitrogens is 1. The summed E-state index contributed by atoms with van der Waals surface area (Å²) in [6.45, 7) is 0. The fourth-order valence-electron chi connectivity index (χ4n) is 1.86. The lowest BCUT2D eigenvalue weighted by molar-refractivity contribution is 0.854. The van der Waals surface area contributed by atoms with E-state index in [1.807, 2.05) is 18.5 Å². The summed E-state index contributed by atoms with van der Waals surface area (Å²) in [6.07, 6.45) is 5.78. The van der Waals surface area contributed by atoms with Crippen molar-refractivity contribution < 1.29 is 0 Å². The minimum atomic E-state index is 1.02. The summed E-state index contributed by atoms with van der Waals surface area (Å²) in [5.41, 5.74) is 4.88. The van der Waals surface area contributed by atoms with Gasteiger partial charge in [-0.05, 0) is 18.9 Å². The highest BCUT2D eigenvalue weighted by atomic mass is 15.1. The van der Waals surface area contributed by atoms with Gasteiger partial charge in [0.1, 0.15) is 0 Å². The Hall–Kier alpha value is -1.64. The molecule has 0 radical (unpaired) electrons. The number of aromatic nitrogens is 3. The number of nitrogens with one attached hydrogen (secondary N) is 1. The molecule has 0 bridgehead atoms. The van der Waals surface area contributed by atoms with E-state index in [0.717, 1.165) is 12.8 Å². The summed E-state index contributed by atoms with van der Waals surface area (Å²) < 4.78 is 0. The summed E-state index contributed by atoms with van der Waals surface area (Å²) in [6, 6.07) is 4.08. The number of nitrogens with zero attached hydrogens (tertiary/aromatic N) is 2. The lowest BCUT2D eigenvalue weighted by Crippen LogP contribution is -2.04. The second kappa shape index (κ2) is 2.42. The molecule has 2 aromatic rings. The Morgan fingerprint density at radius 3 is 3.23 bits per heavy atom. The first-order valence-electron chi connectivity index (χ1n) is 4.41. The Balaban J connectivity index is 2.30. The first kappa shape index (κ1) is 6.83. The van der Waals surface area contributed by atoms with Crippen molar-refractivity contribution >= 4 is 0 Å². The van der Waals surface area contributed by atoms with Gasteiger partial charge < -0.3 is 0 Å². The third-order valence-electron chi connectivity index (χ3n) is 2.51. The van der Waals surface area contributed by atoms with Crippen LogP contribution in [0.1, 0.15) is 11.4 Å². The second-order valence-corrected chi connectivity index (χ2v) is 3.26. The number of pyridine rings is 1. The monoisotopic (exact) mass is 171 g/mol. The molecule has 0 atom stereocenters. The molecular weight excluding hydrogens is 162 g/mol. The van der Waals surface area contributed by atoms with Gasteiger partial charge in [-0.1, -0.05) is 6.07 Å². The van der Waals surface area contributed by atoms with Crippen LogP contribution in [0, 0.1) is 0 Å². The van der Waals surface area contributed by atoms with E-state index in [2.05, 4.69) is 21.2 Å². The molecule has 0 amide bonds. The number of hydrogen-bond donors (Lipinski definition) is 1. The van der Waals surface area contributed by atoms with Crippen LogP contribution in [0.25, 0.3) is 11.1 Å². The minimum Gasteiger partial charge on any atom is -0.282 e. The highest BCUT2D eigenvalue weighted by Crippen LogP contribution is 2.30. The Kier molecular flexibility index (Phi) is 1.27. The van der Waals surface area contributed by atoms with Crippen LogP contribution in [0.2, 0.25) is 0 Å². The van der Waals surface area contributed by atoms with Crippen LogP contribution in [0.4, 0.5) is 0 Å². The zero-order valence-corrected chi connectivity index (χ0v) is 7.12. The maximum atomic E-state index is 4.36. The van der Waals surface area contributed by atoms with E-state index < -0.39 is 0 Å². The smallest absolute Gasteiger partial charge is 0.0569 e. The molecule has 3 heteroatoms. The average Bonchev–Trinajstić information content (AvgIpc) is 2.65. The minimum absolute atomic E-state index is 1.02. The molecule has 0 fully saturated rings. The molecule has 13 heavy (non-hydrogen) atoms. The van der Waals surface area contributed by atoms with Crippen molar-refractivity contribution in [3.05, 3.63) is 35.9 Å². The van der Waals surface area contributed by atoms with Gasteiger partial charge in [-0.2, -0.15) is 5.10 Å². The highest BCUT2D eigenvalue weighted by Gasteiger charge is 2.17. The van der Waals surface area contributed by atoms with Crippen molar-refractivity contribution in [1.29, 1.82) is 0 Å². The molecule has 3 nitrogen and oxygen atoms in total. The van der Waals surface area contributed by atoms with Gasteiger partial charge in [0.2, 0.25) is 0 Å². The summed E-state index contributed by atoms with van der Waals surface area (Å²) >= 11 is 0. The molecule has 0 aromatic carbocycles. The van der Waals surface area contributed by atoms with Crippen molar-refractivity contribution in [2.45, 2.75) is 12.8 Å². The van der Waals surface area contributed by atoms with E-state index in [4.69, 9.17) is 0 Å². The Morgan fingerprint density at radius 2 is 2.23 bits per heavy atom. The van der Waals surface area contributed by atoms with Crippen LogP contribution in [0.3, 0.4) is 0 Å². The SMILES string of the molecule is c1cnc2c(c1)-c1cn[nH]c1CC2. The molecule has 0 saturated carbocycles. The Labute approximate surface area is 75.8 Å². The third-order valence-corrected chi connectivity index (χ3v) is 2.51. The van der Waals surface area contributed by atoms with Gasteiger partial charge in [-0.15, -0.1) is 0 Å². The lowest BCUT2D eigenvalue weighted by atomic mass is 9.94. The normalized spacial score (nSPS) is 13.5. The van der Waals surface area contributed by atoms with Crippen LogP contribution in [0.15, 0.2) is 24.5 Å². The zero-order chi connectivity index (χ0) is 8.67. The molecule has 2 heterocycles. The number of rotatable bonds is 0. The fourth-order valence-corrected chi connectivity index (χ4v) is 1.86. The number of aromatic amines is 1. The largest absolute Gasteiger partial charge is 0.282 e. The van der Waals surface area contributed by atoms with Crippen molar-refractivity contribution in [2.75, 3.05) is 0 Å². The third kappa shape index (κ3) is 0.900. The molecule has 1 N–H and O–H groups in total. The Bertz CT molecular complexity index is 445. The second-order valence-electron chi connectivity index (χ2n) is 3.26. The van der Waals surface area contributed by atoms with Crippen molar-refractivity contribution in [1.82, 2.24) is 15.2 Å². The summed E-state index contributed by atoms with van der Waals surface area (Å²) in [5, 5.41) is 7.07. The Morgan fingerprint density at radius 1 is 1.23 bits per heavy atom. The summed E-state index contributed by atoms with van der Waals surface area (Å²) in [7, 11) is 0. The van der Waals surface area contributed by atoms with Crippen LogP contribution >= 0.6 is 0 Å². The summed E-state index contributed by atoms with van der Waals surface area (Å²) in [5.74, 6) is 0. The molecule has 1 aliphatic carbocycles. The van der Waals surface area contributed by atoms with Crippen LogP contribution in [-0.2, 0) is 12.8 Å². The zero-order valence-electron chi connectivity index (χ0n) is 7.12. The van der Waals surface area contributed by atoms with Crippen molar-refractivity contribution in [2.24, 2.45) is 0 Å². The standard InChI is InChI=1S/C10H9N3/c1-2-7-8-6-12-13-10(8)4-3-9(7)11-5-1/h1-2,5-6H,3-4H2,(H,12,13). The number of fused-ring (bicyclic) bond motifs is 3. The van der Waals surface area contributed by atoms with Gasteiger partial charge in [0.15, 0.2) is 0 Å². The van der Waals surface area contributed by atoms with Gasteiger partial charge in [0.05, 0.1) is 6.20 Å². The maximum Gasteiger partial charge on any atom is 0.0569 e. The van der Waals surface area contributed by atoms with Gasteiger partial charge in [-0.3, -0.25) is 10.1 Å². The number of aryl methyl sites for hydroxylation is 2. The van der Waals surface area contributed by atoms with E-state index >= 15 is 0 Å². The predicted octanol–water partition coefficient (Wildman–Crippen LogP) is 1.57. The molecule has 3 rings (SSSR count). The fraction of sp³-hybridized carbons (Fsp3) is 0.200. The van der Waals surface area contributed by atoms with E-state index in [9.17, 15) is 0 Å². The topological polar surface area (TPSA) is 41.6 Å². The molecule has 0 unspecified atom stereocenters. The van der Waals surface area contributed by atoms with Crippen LogP contribution < -0.4 is 0 Å². The predicted molar refractivity (Wildman–Crippen MR) is 49.2 cm³/mol. The first-order chi connectivity index (χ1) is 6.45. The molecule has 0 saturated heterocycles. The first-order valence-corrected chi connectivity index (χ1v) is 4.41. The van der Waals surface area contributed by atoms with E-state index in [1.165, 1.54) is 22.5 Å². The number of hydrogen-bond acceptors (Lipinski definition) is 2. The quantitative estimate of drug-likeness (QED) is 0.653. The molecule has 64 valence electrons. The van der Waals surface area contributed by atoms with Crippen LogP contribution in [-0.4, -0.2) is 15.2 Å². The molecule has 2 aromatic heterocycles. The van der Waals surface area contributed by atoms with E-state index in [-0.39, 0.29) is 0 Å². The van der Waals surface area contributed by atoms with Crippen molar-refractivity contribution in [3.8, 4) is 11.1 Å². The van der Waals surface area contributed by atoms with Gasteiger partial charge >= 0.3 is 0 Å². The van der Waals surface area contributed by atoms with Crippen molar-refractivity contribution in [3.63, 3.8) is 0 Å². The highest BCUT2D eigenvalue weighted by molar-refractivity contribution is 5.69. The lowest BCUT2D eigenvalue weighted by Gasteiger charge is -2.13. The van der Waals surface area contributed by atoms with Gasteiger partial charge in [-0.25, -0.2) is 0 Å². The molecule has 1 aliphatic rings. The van der Waals surface area contributed by atoms with Gasteiger partial charge in [0.25, 0.3) is 0 Å². The summed E-state index contributed by atoms with van der Waals surface area (Å²) in [4.78, 5) is 4.36. The molecule has 0 spiro atoms. The molecule has 0 aliphatic heterocycles. The van der Waals surface area contributed by atoms with Crippen LogP contribution in [0.5, 0.6) is 0 Å². The average molecular weight is 171 g/mol. The maximum absolute atomic E-state index is 4.36. The molecular formula is C10H9N3. The van der Waals surface area contributed by atoms with Gasteiger partial charge in [0, 0.05) is 28.7 Å². The van der Waals surface area contributed by atoms with E-state index in [0.29, 0.717) is 0 Å².